The molecular weight excluding hydrogens is 178 g/mol. The molecule has 0 bridgehead atoms. The van der Waals surface area contributed by atoms with Crippen LogP contribution in [-0.4, -0.2) is 22.6 Å². The van der Waals surface area contributed by atoms with Crippen LogP contribution in [0.3, 0.4) is 0 Å². The summed E-state index contributed by atoms with van der Waals surface area (Å²) in [6, 6.07) is 10.1. The minimum Gasteiger partial charge on any atom is -0.412 e. The SMILES string of the molecule is CC(C)(CNc1ccccc1)O[Si]. The maximum atomic E-state index is 5.10. The van der Waals surface area contributed by atoms with Crippen LogP contribution in [0, 0.1) is 0 Å². The molecule has 0 aliphatic heterocycles. The lowest BCUT2D eigenvalue weighted by atomic mass is 10.1. The van der Waals surface area contributed by atoms with E-state index in [9.17, 15) is 0 Å². The van der Waals surface area contributed by atoms with Crippen LogP contribution in [-0.2, 0) is 4.43 Å². The van der Waals surface area contributed by atoms with Crippen LogP contribution in [0.1, 0.15) is 13.8 Å². The van der Waals surface area contributed by atoms with Crippen molar-refractivity contribution in [3.8, 4) is 0 Å². The quantitative estimate of drug-likeness (QED) is 0.737. The molecule has 0 aliphatic carbocycles. The highest BCUT2D eigenvalue weighted by Gasteiger charge is 2.14. The fraction of sp³-hybridized carbons (Fsp3) is 0.400. The number of hydrogen-bond acceptors (Lipinski definition) is 2. The number of para-hydroxylation sites is 1. The van der Waals surface area contributed by atoms with Crippen molar-refractivity contribution in [3.05, 3.63) is 30.3 Å². The summed E-state index contributed by atoms with van der Waals surface area (Å²) in [6.45, 7) is 4.78. The fourth-order valence-electron chi connectivity index (χ4n) is 0.907. The minimum absolute atomic E-state index is 0.202. The van der Waals surface area contributed by atoms with Gasteiger partial charge in [0.2, 0.25) is 10.5 Å². The zero-order chi connectivity index (χ0) is 9.73. The standard InChI is InChI=1S/C10H14NOSi/c1-10(2,12-13)8-11-9-6-4-3-5-7-9/h3-7,11H,8H2,1-2H3. The lowest BCUT2D eigenvalue weighted by Gasteiger charge is -2.24. The van der Waals surface area contributed by atoms with Crippen LogP contribution >= 0.6 is 0 Å². The normalized spacial score (nSPS) is 11.3. The lowest BCUT2D eigenvalue weighted by Crippen LogP contribution is -2.32. The molecular formula is C10H14NOSi. The Labute approximate surface area is 82.8 Å². The van der Waals surface area contributed by atoms with Crippen molar-refractivity contribution in [2.75, 3.05) is 11.9 Å². The first-order valence-electron chi connectivity index (χ1n) is 4.28. The molecule has 0 fully saturated rings. The van der Waals surface area contributed by atoms with E-state index in [0.717, 1.165) is 12.2 Å². The van der Waals surface area contributed by atoms with Gasteiger partial charge in [-0.3, -0.25) is 0 Å². The van der Waals surface area contributed by atoms with Crippen molar-refractivity contribution in [2.45, 2.75) is 19.4 Å². The molecule has 3 radical (unpaired) electrons. The first-order valence-corrected chi connectivity index (χ1v) is 4.68. The molecule has 2 nitrogen and oxygen atoms in total. The van der Waals surface area contributed by atoms with Gasteiger partial charge in [0.05, 0.1) is 5.60 Å². The molecule has 69 valence electrons. The van der Waals surface area contributed by atoms with E-state index in [1.165, 1.54) is 0 Å². The summed E-state index contributed by atoms with van der Waals surface area (Å²) in [7, 11) is 3.05. The van der Waals surface area contributed by atoms with Crippen LogP contribution in [0.4, 0.5) is 5.69 Å². The van der Waals surface area contributed by atoms with Crippen molar-refractivity contribution in [2.24, 2.45) is 0 Å². The minimum atomic E-state index is -0.202. The summed E-state index contributed by atoms with van der Waals surface area (Å²) >= 11 is 0. The lowest BCUT2D eigenvalue weighted by molar-refractivity contribution is 0.139. The monoisotopic (exact) mass is 192 g/mol. The van der Waals surface area contributed by atoms with Gasteiger partial charge in [0, 0.05) is 12.2 Å². The Kier molecular flexibility index (Phi) is 3.51. The molecule has 0 aliphatic rings. The van der Waals surface area contributed by atoms with Gasteiger partial charge in [-0.15, -0.1) is 0 Å². The largest absolute Gasteiger partial charge is 0.412 e. The molecule has 0 atom stereocenters. The summed E-state index contributed by atoms with van der Waals surface area (Å²) in [5.74, 6) is 0. The Morgan fingerprint density at radius 1 is 1.31 bits per heavy atom. The molecule has 1 aromatic carbocycles. The molecule has 1 rings (SSSR count). The van der Waals surface area contributed by atoms with Gasteiger partial charge >= 0.3 is 0 Å². The van der Waals surface area contributed by atoms with Crippen LogP contribution in [0.25, 0.3) is 0 Å². The van der Waals surface area contributed by atoms with Crippen molar-refractivity contribution < 1.29 is 4.43 Å². The highest BCUT2D eigenvalue weighted by atomic mass is 28.2. The Morgan fingerprint density at radius 3 is 2.46 bits per heavy atom. The van der Waals surface area contributed by atoms with Crippen molar-refractivity contribution in [1.29, 1.82) is 0 Å². The molecule has 0 heterocycles. The zero-order valence-corrected chi connectivity index (χ0v) is 9.00. The summed E-state index contributed by atoms with van der Waals surface area (Å²) in [5, 5.41) is 3.28. The average molecular weight is 192 g/mol. The Morgan fingerprint density at radius 2 is 1.92 bits per heavy atom. The van der Waals surface area contributed by atoms with Crippen LogP contribution in [0.15, 0.2) is 30.3 Å². The summed E-state index contributed by atoms with van der Waals surface area (Å²) < 4.78 is 5.10. The molecule has 13 heavy (non-hydrogen) atoms. The number of rotatable bonds is 4. The molecule has 0 spiro atoms. The molecule has 0 amide bonds. The van der Waals surface area contributed by atoms with Gasteiger partial charge in [-0.05, 0) is 26.0 Å². The summed E-state index contributed by atoms with van der Waals surface area (Å²) in [6.07, 6.45) is 0. The molecule has 1 N–H and O–H groups in total. The first kappa shape index (κ1) is 10.3. The number of benzene rings is 1. The molecule has 0 saturated carbocycles. The zero-order valence-electron chi connectivity index (χ0n) is 8.00. The summed E-state index contributed by atoms with van der Waals surface area (Å²) in [4.78, 5) is 0. The van der Waals surface area contributed by atoms with E-state index in [1.807, 2.05) is 44.2 Å². The smallest absolute Gasteiger partial charge is 0.247 e. The second-order valence-electron chi connectivity index (χ2n) is 3.58. The van der Waals surface area contributed by atoms with Crippen molar-refractivity contribution in [1.82, 2.24) is 0 Å². The van der Waals surface area contributed by atoms with E-state index in [-0.39, 0.29) is 5.60 Å². The van der Waals surface area contributed by atoms with Gasteiger partial charge in [-0.2, -0.15) is 0 Å². The predicted octanol–water partition coefficient (Wildman–Crippen LogP) is 1.98. The Hall–Kier alpha value is -0.803. The average Bonchev–Trinajstić information content (AvgIpc) is 2.17. The maximum Gasteiger partial charge on any atom is 0.247 e. The summed E-state index contributed by atoms with van der Waals surface area (Å²) in [5.41, 5.74) is 0.909. The highest BCUT2D eigenvalue weighted by Crippen LogP contribution is 2.10. The molecule has 1 aromatic rings. The Bertz CT molecular complexity index is 248. The van der Waals surface area contributed by atoms with Gasteiger partial charge in [-0.1, -0.05) is 18.2 Å². The number of nitrogens with one attached hydrogen (secondary N) is 1. The van der Waals surface area contributed by atoms with Crippen LogP contribution < -0.4 is 5.32 Å². The third-order valence-corrected chi connectivity index (χ3v) is 2.32. The van der Waals surface area contributed by atoms with Gasteiger partial charge in [0.25, 0.3) is 0 Å². The van der Waals surface area contributed by atoms with E-state index in [4.69, 9.17) is 4.43 Å². The topological polar surface area (TPSA) is 21.3 Å². The van der Waals surface area contributed by atoms with E-state index in [1.54, 1.807) is 0 Å². The van der Waals surface area contributed by atoms with Gasteiger partial charge in [-0.25, -0.2) is 0 Å². The molecule has 0 aromatic heterocycles. The van der Waals surface area contributed by atoms with E-state index < -0.39 is 0 Å². The number of anilines is 1. The van der Waals surface area contributed by atoms with E-state index in [0.29, 0.717) is 0 Å². The predicted molar refractivity (Wildman–Crippen MR) is 55.8 cm³/mol. The van der Waals surface area contributed by atoms with E-state index >= 15 is 0 Å². The van der Waals surface area contributed by atoms with Crippen LogP contribution in [0.2, 0.25) is 0 Å². The van der Waals surface area contributed by atoms with Gasteiger partial charge in [0.1, 0.15) is 0 Å². The van der Waals surface area contributed by atoms with Crippen molar-refractivity contribution in [3.63, 3.8) is 0 Å². The number of hydrogen-bond donors (Lipinski definition) is 1. The second-order valence-corrected chi connectivity index (χ2v) is 3.79. The molecule has 0 saturated heterocycles. The Balaban J connectivity index is 2.44. The molecule has 0 unspecified atom stereocenters. The third-order valence-electron chi connectivity index (χ3n) is 1.77. The third kappa shape index (κ3) is 3.61. The van der Waals surface area contributed by atoms with Crippen molar-refractivity contribution >= 4 is 16.2 Å². The van der Waals surface area contributed by atoms with Gasteiger partial charge in [0.15, 0.2) is 0 Å². The first-order chi connectivity index (χ1) is 6.14. The van der Waals surface area contributed by atoms with Crippen LogP contribution in [0.5, 0.6) is 0 Å². The van der Waals surface area contributed by atoms with E-state index in [2.05, 4.69) is 15.8 Å². The highest BCUT2D eigenvalue weighted by molar-refractivity contribution is 5.98. The second kappa shape index (κ2) is 4.44. The fourth-order valence-corrected chi connectivity index (χ4v) is 0.979. The maximum absolute atomic E-state index is 5.10. The molecule has 3 heteroatoms. The van der Waals surface area contributed by atoms with Gasteiger partial charge < -0.3 is 9.74 Å².